The van der Waals surface area contributed by atoms with E-state index in [-0.39, 0.29) is 7.52 Å². The van der Waals surface area contributed by atoms with Crippen LogP contribution in [0.25, 0.3) is 0 Å². The van der Waals surface area contributed by atoms with Gasteiger partial charge in [0.1, 0.15) is 0 Å². The third kappa shape index (κ3) is 3.41. The maximum Gasteiger partial charge on any atom is 0.410 e. The topological polar surface area (TPSA) is 44.8 Å². The number of fused-ring (bicyclic) bond motifs is 4. The van der Waals surface area contributed by atoms with Crippen LogP contribution in [-0.2, 0) is 10.2 Å². The Kier molecular flexibility index (Phi) is 4.97. The van der Waals surface area contributed by atoms with Crippen LogP contribution in [0.3, 0.4) is 0 Å². The molecule has 2 atom stereocenters. The number of aryl methyl sites for hydroxylation is 1. The molecule has 2 unspecified atom stereocenters. The number of nitrogens with zero attached hydrogens (tertiary/aromatic N) is 2. The van der Waals surface area contributed by atoms with E-state index in [0.717, 1.165) is 38.1 Å². The Labute approximate surface area is 176 Å². The van der Waals surface area contributed by atoms with E-state index in [4.69, 9.17) is 4.74 Å². The molecule has 5 rings (SSSR count). The Bertz CT molecular complexity index is 764. The van der Waals surface area contributed by atoms with Gasteiger partial charge in [-0.1, -0.05) is 17.7 Å². The molecule has 1 amide bonds. The number of hydrogen-bond acceptors (Lipinski definition) is 4. The molecule has 3 saturated heterocycles. The number of rotatable bonds is 3. The minimum Gasteiger partial charge on any atom is -0.450 e. The van der Waals surface area contributed by atoms with Gasteiger partial charge in [-0.25, -0.2) is 4.79 Å². The zero-order valence-corrected chi connectivity index (χ0v) is 18.0. The number of hydrogen-bond donors (Lipinski definition) is 1. The summed E-state index contributed by atoms with van der Waals surface area (Å²) in [6.45, 7) is 9.28. The molecule has 0 saturated carbocycles. The second-order valence-electron chi connectivity index (χ2n) is 9.81. The summed E-state index contributed by atoms with van der Waals surface area (Å²) >= 11 is 0. The van der Waals surface area contributed by atoms with Crippen LogP contribution in [-0.4, -0.2) is 60.8 Å². The third-order valence-electron chi connectivity index (χ3n) is 8.00. The second kappa shape index (κ2) is 7.50. The fourth-order valence-electron chi connectivity index (χ4n) is 6.52. The minimum atomic E-state index is -0.0824. The van der Waals surface area contributed by atoms with Gasteiger partial charge in [0.2, 0.25) is 0 Å². The summed E-state index contributed by atoms with van der Waals surface area (Å²) in [6.07, 6.45) is 7.05. The number of carbonyl (C=O) groups is 1. The molecular formula is C24H37N3O2. The molecule has 1 aromatic rings. The summed E-state index contributed by atoms with van der Waals surface area (Å²) in [6, 6.07) is 7.70. The van der Waals surface area contributed by atoms with Crippen molar-refractivity contribution in [2.75, 3.05) is 38.1 Å². The standard InChI is InChI=1S/C24H35N3O2.H2/c1-3-29-23(28)27-19-5-6-20(27)14-18(13-19)15-26-10-8-24(9-11-26)16-25-22-7-4-17(2)12-21(22)24;/h4,7,12,18-20,25H,3,5-6,8-11,13-16H2,1-2H3;1H. The van der Waals surface area contributed by atoms with Crippen molar-refractivity contribution < 1.29 is 11.0 Å². The fraction of sp³-hybridized carbons (Fsp3) is 0.708. The lowest BCUT2D eigenvalue weighted by atomic mass is 9.74. The van der Waals surface area contributed by atoms with E-state index in [0.29, 0.717) is 24.1 Å². The van der Waals surface area contributed by atoms with Crippen LogP contribution in [0.4, 0.5) is 10.5 Å². The maximum absolute atomic E-state index is 12.3. The Hall–Kier alpha value is -1.75. The first-order valence-corrected chi connectivity index (χ1v) is 11.6. The monoisotopic (exact) mass is 399 g/mol. The average molecular weight is 400 g/mol. The van der Waals surface area contributed by atoms with E-state index < -0.39 is 0 Å². The quantitative estimate of drug-likeness (QED) is 0.818. The Morgan fingerprint density at radius 2 is 1.97 bits per heavy atom. The van der Waals surface area contributed by atoms with Crippen molar-refractivity contribution in [3.63, 3.8) is 0 Å². The van der Waals surface area contributed by atoms with Gasteiger partial charge in [-0.05, 0) is 83.0 Å². The van der Waals surface area contributed by atoms with E-state index in [1.54, 1.807) is 5.56 Å². The van der Waals surface area contributed by atoms with Gasteiger partial charge in [-0.3, -0.25) is 0 Å². The Morgan fingerprint density at radius 3 is 2.66 bits per heavy atom. The summed E-state index contributed by atoms with van der Waals surface area (Å²) in [7, 11) is 0. The molecular weight excluding hydrogens is 362 g/mol. The lowest BCUT2D eigenvalue weighted by Crippen LogP contribution is -2.50. The summed E-state index contributed by atoms with van der Waals surface area (Å²) in [5.74, 6) is 0.725. The normalized spacial score (nSPS) is 30.3. The van der Waals surface area contributed by atoms with Crippen molar-refractivity contribution in [1.82, 2.24) is 9.80 Å². The summed E-state index contributed by atoms with van der Waals surface area (Å²) in [5.41, 5.74) is 4.62. The first kappa shape index (κ1) is 19.2. The molecule has 0 radical (unpaired) electrons. The maximum atomic E-state index is 12.3. The predicted octanol–water partition coefficient (Wildman–Crippen LogP) is 4.40. The smallest absolute Gasteiger partial charge is 0.410 e. The molecule has 1 spiro atoms. The molecule has 0 aromatic heterocycles. The van der Waals surface area contributed by atoms with Gasteiger partial charge in [0, 0.05) is 37.7 Å². The van der Waals surface area contributed by atoms with Gasteiger partial charge >= 0.3 is 6.09 Å². The van der Waals surface area contributed by atoms with Crippen LogP contribution >= 0.6 is 0 Å². The molecule has 29 heavy (non-hydrogen) atoms. The van der Waals surface area contributed by atoms with Gasteiger partial charge in [0.15, 0.2) is 0 Å². The van der Waals surface area contributed by atoms with Crippen LogP contribution in [0.5, 0.6) is 0 Å². The second-order valence-corrected chi connectivity index (χ2v) is 9.81. The largest absolute Gasteiger partial charge is 0.450 e. The third-order valence-corrected chi connectivity index (χ3v) is 8.00. The predicted molar refractivity (Wildman–Crippen MR) is 118 cm³/mol. The van der Waals surface area contributed by atoms with Crippen molar-refractivity contribution >= 4 is 11.8 Å². The molecule has 1 N–H and O–H groups in total. The molecule has 3 fully saturated rings. The number of anilines is 1. The van der Waals surface area contributed by atoms with Gasteiger partial charge < -0.3 is 19.9 Å². The van der Waals surface area contributed by atoms with Crippen molar-refractivity contribution in [1.29, 1.82) is 0 Å². The highest BCUT2D eigenvalue weighted by molar-refractivity contribution is 5.69. The van der Waals surface area contributed by atoms with E-state index >= 15 is 0 Å². The minimum absolute atomic E-state index is 0. The molecule has 4 aliphatic heterocycles. The molecule has 5 nitrogen and oxygen atoms in total. The van der Waals surface area contributed by atoms with Gasteiger partial charge in [-0.2, -0.15) is 0 Å². The molecule has 4 heterocycles. The summed E-state index contributed by atoms with van der Waals surface area (Å²) < 4.78 is 5.31. The Balaban J connectivity index is 0.00000218. The number of likely N-dealkylation sites (tertiary alicyclic amines) is 1. The fourth-order valence-corrected chi connectivity index (χ4v) is 6.52. The van der Waals surface area contributed by atoms with Crippen LogP contribution in [0.2, 0.25) is 0 Å². The van der Waals surface area contributed by atoms with Crippen molar-refractivity contribution in [2.24, 2.45) is 5.92 Å². The summed E-state index contributed by atoms with van der Waals surface area (Å²) in [4.78, 5) is 17.1. The number of ether oxygens (including phenoxy) is 1. The van der Waals surface area contributed by atoms with Crippen LogP contribution in [0.15, 0.2) is 18.2 Å². The summed E-state index contributed by atoms with van der Waals surface area (Å²) in [5, 5.41) is 3.66. The molecule has 5 heteroatoms. The molecule has 1 aromatic carbocycles. The first-order valence-electron chi connectivity index (χ1n) is 11.6. The van der Waals surface area contributed by atoms with Crippen LogP contribution < -0.4 is 5.32 Å². The van der Waals surface area contributed by atoms with Crippen molar-refractivity contribution in [3.05, 3.63) is 29.3 Å². The van der Waals surface area contributed by atoms with E-state index in [2.05, 4.69) is 40.2 Å². The van der Waals surface area contributed by atoms with Crippen molar-refractivity contribution in [2.45, 2.75) is 69.9 Å². The van der Waals surface area contributed by atoms with Gasteiger partial charge in [0.05, 0.1) is 6.61 Å². The van der Waals surface area contributed by atoms with Crippen LogP contribution in [0.1, 0.15) is 58.0 Å². The molecule has 4 aliphatic rings. The Morgan fingerprint density at radius 1 is 1.24 bits per heavy atom. The van der Waals surface area contributed by atoms with Gasteiger partial charge in [-0.15, -0.1) is 0 Å². The highest BCUT2D eigenvalue weighted by Gasteiger charge is 2.45. The van der Waals surface area contributed by atoms with Gasteiger partial charge in [0.25, 0.3) is 0 Å². The van der Waals surface area contributed by atoms with E-state index in [9.17, 15) is 4.79 Å². The molecule has 0 aliphatic carbocycles. The number of carbonyl (C=O) groups excluding carboxylic acids is 1. The zero-order valence-electron chi connectivity index (χ0n) is 18.0. The number of nitrogens with one attached hydrogen (secondary N) is 1. The molecule has 160 valence electrons. The molecule has 2 bridgehead atoms. The zero-order chi connectivity index (χ0) is 20.0. The lowest BCUT2D eigenvalue weighted by molar-refractivity contribution is 0.0486. The van der Waals surface area contributed by atoms with Crippen LogP contribution in [0, 0.1) is 12.8 Å². The van der Waals surface area contributed by atoms with E-state index in [1.165, 1.54) is 43.7 Å². The highest BCUT2D eigenvalue weighted by Crippen LogP contribution is 2.45. The van der Waals surface area contributed by atoms with Crippen molar-refractivity contribution in [3.8, 4) is 0 Å². The highest BCUT2D eigenvalue weighted by atomic mass is 16.6. The number of amides is 1. The number of benzene rings is 1. The SMILES string of the molecule is CCOC(=O)N1C2CCC1CC(CN1CCC3(CC1)CNc1ccc(C)cc13)C2.[HH]. The number of piperidine rings is 2. The van der Waals surface area contributed by atoms with E-state index in [1.807, 2.05) is 6.92 Å². The first-order chi connectivity index (χ1) is 14.1. The average Bonchev–Trinajstić information content (AvgIpc) is 3.19. The lowest BCUT2D eigenvalue weighted by Gasteiger charge is -2.43.